The van der Waals surface area contributed by atoms with Crippen molar-refractivity contribution in [3.05, 3.63) is 0 Å². The summed E-state index contributed by atoms with van der Waals surface area (Å²) in [4.78, 5) is 16.5. The maximum Gasteiger partial charge on any atom is 0.225 e. The lowest BCUT2D eigenvalue weighted by Gasteiger charge is -2.54. The molecule has 4 heteroatoms. The highest BCUT2D eigenvalue weighted by Crippen LogP contribution is 2.40. The van der Waals surface area contributed by atoms with Crippen molar-refractivity contribution in [2.45, 2.75) is 33.1 Å². The second kappa shape index (κ2) is 5.57. The van der Waals surface area contributed by atoms with Gasteiger partial charge >= 0.3 is 0 Å². The molecule has 0 aromatic heterocycles. The summed E-state index contributed by atoms with van der Waals surface area (Å²) >= 11 is 0. The Morgan fingerprint density at radius 1 is 1.28 bits per heavy atom. The molecule has 2 heterocycles. The van der Waals surface area contributed by atoms with E-state index < -0.39 is 0 Å². The first-order chi connectivity index (χ1) is 8.56. The number of amides is 1. The quantitative estimate of drug-likeness (QED) is 0.810. The minimum absolute atomic E-state index is 0.140. The summed E-state index contributed by atoms with van der Waals surface area (Å²) in [5, 5.41) is 0. The fourth-order valence-corrected chi connectivity index (χ4v) is 3.26. The molecule has 0 aromatic carbocycles. The molecule has 0 aliphatic carbocycles. The van der Waals surface area contributed by atoms with Gasteiger partial charge in [0.15, 0.2) is 0 Å². The van der Waals surface area contributed by atoms with E-state index in [-0.39, 0.29) is 5.92 Å². The van der Waals surface area contributed by atoms with Crippen molar-refractivity contribution >= 4 is 5.91 Å². The molecule has 1 amide bonds. The van der Waals surface area contributed by atoms with Gasteiger partial charge in [-0.15, -0.1) is 0 Å². The van der Waals surface area contributed by atoms with E-state index in [2.05, 4.69) is 9.80 Å². The maximum atomic E-state index is 11.9. The van der Waals surface area contributed by atoms with Gasteiger partial charge in [-0.25, -0.2) is 0 Å². The van der Waals surface area contributed by atoms with E-state index in [0.29, 0.717) is 11.3 Å². The first kappa shape index (κ1) is 13.8. The number of hydrogen-bond acceptors (Lipinski definition) is 3. The summed E-state index contributed by atoms with van der Waals surface area (Å²) in [6, 6.07) is 0. The lowest BCUT2D eigenvalue weighted by Crippen LogP contribution is -2.61. The van der Waals surface area contributed by atoms with Crippen molar-refractivity contribution in [1.29, 1.82) is 0 Å². The molecular formula is C14H27N3O. The summed E-state index contributed by atoms with van der Waals surface area (Å²) in [5.74, 6) is 0.464. The minimum atomic E-state index is 0.140. The van der Waals surface area contributed by atoms with Crippen LogP contribution in [-0.2, 0) is 4.79 Å². The largest absolute Gasteiger partial charge is 0.342 e. The molecule has 2 saturated heterocycles. The maximum absolute atomic E-state index is 11.9. The molecule has 2 fully saturated rings. The highest BCUT2D eigenvalue weighted by atomic mass is 16.2. The van der Waals surface area contributed by atoms with Crippen LogP contribution in [0.5, 0.6) is 0 Å². The molecule has 2 rings (SSSR count). The van der Waals surface area contributed by atoms with Crippen molar-refractivity contribution in [2.75, 3.05) is 39.3 Å². The van der Waals surface area contributed by atoms with Crippen LogP contribution in [0.2, 0.25) is 0 Å². The van der Waals surface area contributed by atoms with Gasteiger partial charge in [0.05, 0.1) is 0 Å². The summed E-state index contributed by atoms with van der Waals surface area (Å²) in [6.45, 7) is 10.3. The molecule has 0 radical (unpaired) electrons. The van der Waals surface area contributed by atoms with Crippen LogP contribution in [0.25, 0.3) is 0 Å². The van der Waals surface area contributed by atoms with Gasteiger partial charge in [-0.1, -0.05) is 13.8 Å². The third kappa shape index (κ3) is 2.86. The second-order valence-corrected chi connectivity index (χ2v) is 6.33. The first-order valence-electron chi connectivity index (χ1n) is 7.27. The normalized spacial score (nSPS) is 23.4. The summed E-state index contributed by atoms with van der Waals surface area (Å²) in [7, 11) is 0. The second-order valence-electron chi connectivity index (χ2n) is 6.33. The standard InChI is InChI=1S/C14H27N3O/c1-12(2)13(18)17-8-4-14(5-9-17)10-16(11-14)7-3-6-15/h12H,3-11,15H2,1-2H3. The first-order valence-corrected chi connectivity index (χ1v) is 7.27. The van der Waals surface area contributed by atoms with Crippen molar-refractivity contribution in [2.24, 2.45) is 17.1 Å². The Kier molecular flexibility index (Phi) is 4.28. The van der Waals surface area contributed by atoms with Crippen LogP contribution in [0.4, 0.5) is 0 Å². The Hall–Kier alpha value is -0.610. The number of piperidine rings is 1. The lowest BCUT2D eigenvalue weighted by molar-refractivity contribution is -0.139. The Labute approximate surface area is 110 Å². The molecule has 18 heavy (non-hydrogen) atoms. The number of carbonyl (C=O) groups excluding carboxylic acids is 1. The number of nitrogens with two attached hydrogens (primary N) is 1. The zero-order chi connectivity index (χ0) is 13.2. The third-order valence-corrected chi connectivity index (χ3v) is 4.43. The van der Waals surface area contributed by atoms with Crippen LogP contribution in [0, 0.1) is 11.3 Å². The van der Waals surface area contributed by atoms with E-state index in [4.69, 9.17) is 5.73 Å². The molecule has 4 nitrogen and oxygen atoms in total. The zero-order valence-corrected chi connectivity index (χ0v) is 11.8. The number of carbonyl (C=O) groups is 1. The Morgan fingerprint density at radius 2 is 1.89 bits per heavy atom. The van der Waals surface area contributed by atoms with E-state index >= 15 is 0 Å². The highest BCUT2D eigenvalue weighted by Gasteiger charge is 2.44. The molecule has 104 valence electrons. The lowest BCUT2D eigenvalue weighted by atomic mass is 9.72. The van der Waals surface area contributed by atoms with Gasteiger partial charge in [0.25, 0.3) is 0 Å². The number of hydrogen-bond donors (Lipinski definition) is 1. The third-order valence-electron chi connectivity index (χ3n) is 4.43. The van der Waals surface area contributed by atoms with Crippen LogP contribution in [0.15, 0.2) is 0 Å². The average Bonchev–Trinajstić information content (AvgIpc) is 2.33. The fourth-order valence-electron chi connectivity index (χ4n) is 3.26. The van der Waals surface area contributed by atoms with Gasteiger partial charge in [0.1, 0.15) is 0 Å². The summed E-state index contributed by atoms with van der Waals surface area (Å²) in [5.41, 5.74) is 6.05. The Morgan fingerprint density at radius 3 is 2.39 bits per heavy atom. The Balaban J connectivity index is 1.73. The van der Waals surface area contributed by atoms with Gasteiger partial charge < -0.3 is 15.5 Å². The highest BCUT2D eigenvalue weighted by molar-refractivity contribution is 5.78. The molecule has 0 unspecified atom stereocenters. The molecule has 0 aromatic rings. The van der Waals surface area contributed by atoms with Gasteiger partial charge in [0.2, 0.25) is 5.91 Å². The molecule has 0 atom stereocenters. The zero-order valence-electron chi connectivity index (χ0n) is 11.8. The fraction of sp³-hybridized carbons (Fsp3) is 0.929. The molecule has 2 aliphatic rings. The molecule has 0 bridgehead atoms. The predicted octanol–water partition coefficient (Wildman–Crippen LogP) is 0.916. The molecule has 2 N–H and O–H groups in total. The van der Waals surface area contributed by atoms with E-state index in [0.717, 1.165) is 32.6 Å². The molecule has 2 aliphatic heterocycles. The van der Waals surface area contributed by atoms with Crippen LogP contribution in [0.3, 0.4) is 0 Å². The van der Waals surface area contributed by atoms with E-state index in [1.165, 1.54) is 25.9 Å². The minimum Gasteiger partial charge on any atom is -0.342 e. The predicted molar refractivity (Wildman–Crippen MR) is 73.2 cm³/mol. The SMILES string of the molecule is CC(C)C(=O)N1CCC2(CC1)CN(CCCN)C2. The van der Waals surface area contributed by atoms with E-state index in [1.807, 2.05) is 13.8 Å². The molecular weight excluding hydrogens is 226 g/mol. The molecule has 0 saturated carbocycles. The number of nitrogens with zero attached hydrogens (tertiary/aromatic N) is 2. The van der Waals surface area contributed by atoms with Crippen LogP contribution in [0.1, 0.15) is 33.1 Å². The monoisotopic (exact) mass is 253 g/mol. The number of likely N-dealkylation sites (tertiary alicyclic amines) is 2. The van der Waals surface area contributed by atoms with Crippen LogP contribution >= 0.6 is 0 Å². The van der Waals surface area contributed by atoms with Crippen molar-refractivity contribution in [3.8, 4) is 0 Å². The average molecular weight is 253 g/mol. The smallest absolute Gasteiger partial charge is 0.225 e. The van der Waals surface area contributed by atoms with Crippen molar-refractivity contribution < 1.29 is 4.79 Å². The van der Waals surface area contributed by atoms with Gasteiger partial charge in [0, 0.05) is 32.1 Å². The van der Waals surface area contributed by atoms with Gasteiger partial charge in [-0.2, -0.15) is 0 Å². The van der Waals surface area contributed by atoms with E-state index in [1.54, 1.807) is 0 Å². The van der Waals surface area contributed by atoms with Crippen LogP contribution < -0.4 is 5.73 Å². The van der Waals surface area contributed by atoms with Crippen molar-refractivity contribution in [3.63, 3.8) is 0 Å². The Bertz CT molecular complexity index is 287. The topological polar surface area (TPSA) is 49.6 Å². The molecule has 1 spiro atoms. The summed E-state index contributed by atoms with van der Waals surface area (Å²) in [6.07, 6.45) is 3.48. The van der Waals surface area contributed by atoms with Gasteiger partial charge in [-0.05, 0) is 37.8 Å². The van der Waals surface area contributed by atoms with Gasteiger partial charge in [-0.3, -0.25) is 4.79 Å². The number of rotatable bonds is 4. The van der Waals surface area contributed by atoms with Crippen LogP contribution in [-0.4, -0.2) is 55.0 Å². The summed E-state index contributed by atoms with van der Waals surface area (Å²) < 4.78 is 0. The van der Waals surface area contributed by atoms with E-state index in [9.17, 15) is 4.79 Å². The van der Waals surface area contributed by atoms with Crippen molar-refractivity contribution in [1.82, 2.24) is 9.80 Å².